The third-order valence-electron chi connectivity index (χ3n) is 7.99. The predicted molar refractivity (Wildman–Crippen MR) is 199 cm³/mol. The van der Waals surface area contributed by atoms with Gasteiger partial charge in [0.1, 0.15) is 23.0 Å². The van der Waals surface area contributed by atoms with Crippen molar-refractivity contribution in [3.05, 3.63) is 182 Å². The van der Waals surface area contributed by atoms with Crippen molar-refractivity contribution in [3.63, 3.8) is 0 Å². The Kier molecular flexibility index (Phi) is 9.80. The molecular weight excluding hydrogens is 629 g/mol. The van der Waals surface area contributed by atoms with Crippen molar-refractivity contribution in [2.75, 3.05) is 4.90 Å². The third-order valence-corrected chi connectivity index (χ3v) is 11.1. The molecule has 0 aliphatic carbocycles. The van der Waals surface area contributed by atoms with Crippen molar-refractivity contribution in [1.29, 1.82) is 0 Å². The van der Waals surface area contributed by atoms with Gasteiger partial charge in [0.05, 0.1) is 5.69 Å². The monoisotopic (exact) mass is 663 g/mol. The lowest BCUT2D eigenvalue weighted by Crippen LogP contribution is -2.24. The number of rotatable bonds is 7. The normalized spacial score (nSPS) is 10.9. The van der Waals surface area contributed by atoms with E-state index in [9.17, 15) is 25.0 Å². The van der Waals surface area contributed by atoms with Crippen LogP contribution in [-0.2, 0) is 4.57 Å². The lowest BCUT2D eigenvalue weighted by molar-refractivity contribution is 0.475. The molecule has 0 unspecified atom stereocenters. The van der Waals surface area contributed by atoms with Gasteiger partial charge in [-0.25, -0.2) is 0 Å². The van der Waals surface area contributed by atoms with Crippen molar-refractivity contribution in [1.82, 2.24) is 0 Å². The lowest BCUT2D eigenvalue weighted by atomic mass is 10.0. The van der Waals surface area contributed by atoms with E-state index < -0.39 is 7.14 Å². The summed E-state index contributed by atoms with van der Waals surface area (Å²) in [6.45, 7) is 0. The maximum absolute atomic E-state index is 13.9. The molecule has 7 aromatic rings. The average Bonchev–Trinajstić information content (AvgIpc) is 3.15. The summed E-state index contributed by atoms with van der Waals surface area (Å²) in [7, 11) is -3.04. The maximum atomic E-state index is 13.9. The number of benzene rings is 7. The van der Waals surface area contributed by atoms with Gasteiger partial charge in [-0.1, -0.05) is 78.9 Å². The van der Waals surface area contributed by atoms with E-state index in [1.807, 2.05) is 84.9 Å². The van der Waals surface area contributed by atoms with E-state index >= 15 is 0 Å². The van der Waals surface area contributed by atoms with E-state index in [0.717, 1.165) is 28.2 Å². The molecule has 7 heteroatoms. The highest BCUT2D eigenvalue weighted by atomic mass is 31.2. The summed E-state index contributed by atoms with van der Waals surface area (Å²) in [5.41, 5.74) is 5.07. The van der Waals surface area contributed by atoms with Gasteiger partial charge in [-0.15, -0.1) is 0 Å². The van der Waals surface area contributed by atoms with Crippen LogP contribution in [-0.4, -0.2) is 20.4 Å². The Morgan fingerprint density at radius 1 is 0.367 bits per heavy atom. The van der Waals surface area contributed by atoms with E-state index in [1.165, 1.54) is 24.3 Å². The molecule has 0 spiro atoms. The second-order valence-electron chi connectivity index (χ2n) is 11.2. The van der Waals surface area contributed by atoms with Crippen LogP contribution in [0.3, 0.4) is 0 Å². The first-order valence-electron chi connectivity index (χ1n) is 15.6. The summed E-state index contributed by atoms with van der Waals surface area (Å²) >= 11 is 0. The molecule has 0 heterocycles. The summed E-state index contributed by atoms with van der Waals surface area (Å²) in [4.78, 5) is 2.11. The molecule has 0 radical (unpaired) electrons. The number of phenols is 4. The number of anilines is 3. The highest BCUT2D eigenvalue weighted by Crippen LogP contribution is 2.43. The van der Waals surface area contributed by atoms with Gasteiger partial charge in [0.2, 0.25) is 0 Å². The molecule has 0 aliphatic heterocycles. The Labute approximate surface area is 285 Å². The molecule has 0 amide bonds. The number of nitrogens with zero attached hydrogens (tertiary/aromatic N) is 1. The van der Waals surface area contributed by atoms with Crippen LogP contribution in [0.5, 0.6) is 23.0 Å². The second kappa shape index (κ2) is 14.7. The highest BCUT2D eigenvalue weighted by Gasteiger charge is 2.29. The second-order valence-corrected chi connectivity index (χ2v) is 14.0. The molecule has 49 heavy (non-hydrogen) atoms. The SMILES string of the molecule is O=P(c1ccccc1)(c1ccc(O)cc1)c1ccc(O)cc1.Oc1ccc(N(c2ccc(O)cc2)c2ccccc2-c2ccccc2)cc1. The van der Waals surface area contributed by atoms with Crippen LogP contribution >= 0.6 is 7.14 Å². The number of phenolic OH excluding ortho intramolecular Hbond substituents is 4. The number of para-hydroxylation sites is 1. The van der Waals surface area contributed by atoms with E-state index in [-0.39, 0.29) is 23.0 Å². The average molecular weight is 664 g/mol. The van der Waals surface area contributed by atoms with Gasteiger partial charge >= 0.3 is 0 Å². The molecule has 0 saturated heterocycles. The zero-order valence-electron chi connectivity index (χ0n) is 26.4. The highest BCUT2D eigenvalue weighted by molar-refractivity contribution is 7.85. The van der Waals surface area contributed by atoms with Gasteiger partial charge in [0, 0.05) is 32.9 Å². The molecule has 0 bridgehead atoms. The van der Waals surface area contributed by atoms with E-state index in [1.54, 1.807) is 48.5 Å². The van der Waals surface area contributed by atoms with Gasteiger partial charge in [0.25, 0.3) is 0 Å². The Hall–Kier alpha value is -6.23. The van der Waals surface area contributed by atoms with Crippen LogP contribution < -0.4 is 20.8 Å². The first kappa shape index (κ1) is 32.7. The standard InChI is InChI=1S/C24H19NO2.C18H15O3P/c26-21-14-10-19(11-15-21)25(20-12-16-22(27)17-13-20)24-9-5-4-8-23(24)18-6-2-1-3-7-18;19-14-6-10-17(11-7-14)22(21,16-4-2-1-3-5-16)18-12-8-15(20)9-13-18/h1-17,26-27H;1-13,19-20H. The molecule has 6 nitrogen and oxygen atoms in total. The Morgan fingerprint density at radius 3 is 1.16 bits per heavy atom. The molecular formula is C42H34NO5P. The molecule has 0 saturated carbocycles. The number of hydrogen-bond acceptors (Lipinski definition) is 6. The molecule has 0 atom stereocenters. The quantitative estimate of drug-likeness (QED) is 0.127. The molecule has 0 aliphatic rings. The molecule has 7 aromatic carbocycles. The van der Waals surface area contributed by atoms with Gasteiger partial charge in [-0.2, -0.15) is 0 Å². The fourth-order valence-corrected chi connectivity index (χ4v) is 8.20. The van der Waals surface area contributed by atoms with Gasteiger partial charge in [-0.3, -0.25) is 0 Å². The first-order chi connectivity index (χ1) is 23.8. The molecule has 0 fully saturated rings. The van der Waals surface area contributed by atoms with Crippen molar-refractivity contribution in [2.24, 2.45) is 0 Å². The third kappa shape index (κ3) is 7.36. The molecule has 4 N–H and O–H groups in total. The van der Waals surface area contributed by atoms with Crippen molar-refractivity contribution in [3.8, 4) is 34.1 Å². The minimum atomic E-state index is -3.04. The Bertz CT molecular complexity index is 2060. The molecule has 242 valence electrons. The van der Waals surface area contributed by atoms with Crippen LogP contribution in [0.4, 0.5) is 17.1 Å². The predicted octanol–water partition coefficient (Wildman–Crippen LogP) is 8.97. The van der Waals surface area contributed by atoms with Crippen LogP contribution in [0.25, 0.3) is 11.1 Å². The summed E-state index contributed by atoms with van der Waals surface area (Å²) < 4.78 is 13.9. The number of hydrogen-bond donors (Lipinski definition) is 4. The van der Waals surface area contributed by atoms with Crippen LogP contribution in [0, 0.1) is 0 Å². The summed E-state index contributed by atoms with van der Waals surface area (Å²) in [6, 6.07) is 54.7. The Morgan fingerprint density at radius 2 is 0.714 bits per heavy atom. The van der Waals surface area contributed by atoms with Crippen LogP contribution in [0.2, 0.25) is 0 Å². The van der Waals surface area contributed by atoms with Gasteiger partial charge in [-0.05, 0) is 109 Å². The van der Waals surface area contributed by atoms with Gasteiger partial charge in [0.15, 0.2) is 7.14 Å². The minimum absolute atomic E-state index is 0.133. The van der Waals surface area contributed by atoms with Gasteiger partial charge < -0.3 is 29.9 Å². The fourth-order valence-electron chi connectivity index (χ4n) is 5.57. The smallest absolute Gasteiger partial charge is 0.171 e. The summed E-state index contributed by atoms with van der Waals surface area (Å²) in [5.74, 6) is 0.713. The van der Waals surface area contributed by atoms with E-state index in [4.69, 9.17) is 0 Å². The summed E-state index contributed by atoms with van der Waals surface area (Å²) in [5, 5.41) is 40.3. The topological polar surface area (TPSA) is 101 Å². The van der Waals surface area contributed by atoms with E-state index in [2.05, 4.69) is 29.2 Å². The van der Waals surface area contributed by atoms with Crippen molar-refractivity contribution >= 4 is 40.1 Å². The minimum Gasteiger partial charge on any atom is -0.508 e. The van der Waals surface area contributed by atoms with Crippen LogP contribution in [0.15, 0.2) is 182 Å². The molecule has 7 rings (SSSR count). The largest absolute Gasteiger partial charge is 0.508 e. The Balaban J connectivity index is 0.000000174. The lowest BCUT2D eigenvalue weighted by Gasteiger charge is -2.28. The first-order valence-corrected chi connectivity index (χ1v) is 17.3. The van der Waals surface area contributed by atoms with E-state index in [0.29, 0.717) is 15.9 Å². The zero-order valence-corrected chi connectivity index (χ0v) is 27.3. The van der Waals surface area contributed by atoms with Crippen LogP contribution in [0.1, 0.15) is 0 Å². The van der Waals surface area contributed by atoms with Crippen molar-refractivity contribution < 1.29 is 25.0 Å². The van der Waals surface area contributed by atoms with Crippen molar-refractivity contribution in [2.45, 2.75) is 0 Å². The zero-order chi connectivity index (χ0) is 34.2. The fraction of sp³-hybridized carbons (Fsp3) is 0. The maximum Gasteiger partial charge on any atom is 0.171 e. The number of aromatic hydroxyl groups is 4. The summed E-state index contributed by atoms with van der Waals surface area (Å²) in [6.07, 6.45) is 0. The molecule has 0 aromatic heterocycles.